The molecule has 1 aliphatic heterocycles. The zero-order valence-corrected chi connectivity index (χ0v) is 25.6. The summed E-state index contributed by atoms with van der Waals surface area (Å²) >= 11 is 3.34. The van der Waals surface area contributed by atoms with Gasteiger partial charge in [-0.05, 0) is 84.6 Å². The molecule has 1 saturated carbocycles. The van der Waals surface area contributed by atoms with Crippen LogP contribution in [0.4, 0.5) is 11.4 Å². The Kier molecular flexibility index (Phi) is 5.80. The van der Waals surface area contributed by atoms with Crippen LogP contribution in [-0.4, -0.2) is 28.7 Å². The van der Waals surface area contributed by atoms with Crippen LogP contribution in [0.2, 0.25) is 0 Å². The summed E-state index contributed by atoms with van der Waals surface area (Å²) in [7, 11) is 0. The Labute approximate surface area is 266 Å². The van der Waals surface area contributed by atoms with E-state index in [9.17, 15) is 19.5 Å². The van der Waals surface area contributed by atoms with Crippen molar-refractivity contribution in [3.8, 4) is 10.4 Å². The molecule has 2 aliphatic carbocycles. The lowest BCUT2D eigenvalue weighted by Crippen LogP contribution is -2.26. The van der Waals surface area contributed by atoms with Gasteiger partial charge in [0.15, 0.2) is 11.6 Å². The van der Waals surface area contributed by atoms with E-state index in [0.29, 0.717) is 12.0 Å². The molecule has 7 heteroatoms. The van der Waals surface area contributed by atoms with E-state index in [0.717, 1.165) is 15.3 Å². The third-order valence-corrected chi connectivity index (χ3v) is 11.8. The van der Waals surface area contributed by atoms with Crippen molar-refractivity contribution < 1.29 is 19.5 Å². The van der Waals surface area contributed by atoms with Crippen LogP contribution in [0.1, 0.15) is 66.7 Å². The highest BCUT2D eigenvalue weighted by atomic mass is 32.1. The van der Waals surface area contributed by atoms with E-state index in [4.69, 9.17) is 0 Å². The molecular weight excluding hydrogens is 599 g/mol. The van der Waals surface area contributed by atoms with Crippen LogP contribution >= 0.6 is 22.7 Å². The number of rotatable bonds is 4. The fourth-order valence-corrected chi connectivity index (χ4v) is 9.65. The number of fused-ring (bicyclic) bond motifs is 7. The van der Waals surface area contributed by atoms with E-state index >= 15 is 0 Å². The molecular formula is C38H25NO4S2. The Bertz CT molecular complexity index is 2310. The minimum absolute atomic E-state index is 0.00811. The molecule has 3 aliphatic rings. The second-order valence-corrected chi connectivity index (χ2v) is 14.2. The van der Waals surface area contributed by atoms with Gasteiger partial charge in [0.2, 0.25) is 0 Å². The van der Waals surface area contributed by atoms with Gasteiger partial charge in [0, 0.05) is 64.4 Å². The maximum Gasteiger partial charge on any atom is 0.335 e. The maximum atomic E-state index is 13.0. The van der Waals surface area contributed by atoms with Crippen molar-refractivity contribution in [3.63, 3.8) is 0 Å². The second-order valence-electron chi connectivity index (χ2n) is 12.0. The lowest BCUT2D eigenvalue weighted by Gasteiger charge is -2.27. The Morgan fingerprint density at radius 2 is 1.60 bits per heavy atom. The first-order valence-corrected chi connectivity index (χ1v) is 16.7. The number of aromatic carboxylic acids is 1. The van der Waals surface area contributed by atoms with Gasteiger partial charge in [0.1, 0.15) is 0 Å². The first kappa shape index (κ1) is 26.5. The molecule has 4 aromatic carbocycles. The van der Waals surface area contributed by atoms with E-state index < -0.39 is 11.8 Å². The number of allylic oxidation sites excluding steroid dienone is 1. The van der Waals surface area contributed by atoms with Crippen LogP contribution < -0.4 is 4.90 Å². The van der Waals surface area contributed by atoms with Gasteiger partial charge in [0.05, 0.1) is 11.1 Å². The van der Waals surface area contributed by atoms with Gasteiger partial charge in [-0.1, -0.05) is 42.8 Å². The van der Waals surface area contributed by atoms with Crippen molar-refractivity contribution in [1.82, 2.24) is 0 Å². The minimum Gasteiger partial charge on any atom is -0.478 e. The third kappa shape index (κ3) is 4.01. The predicted molar refractivity (Wildman–Crippen MR) is 182 cm³/mol. The lowest BCUT2D eigenvalue weighted by atomic mass is 9.98. The number of carbonyl (C=O) groups excluding carboxylic acids is 2. The van der Waals surface area contributed by atoms with Gasteiger partial charge in [-0.3, -0.25) is 9.59 Å². The molecule has 0 saturated heterocycles. The average molecular weight is 624 g/mol. The molecule has 2 unspecified atom stereocenters. The summed E-state index contributed by atoms with van der Waals surface area (Å²) in [5.74, 6) is -1.30. The molecule has 2 atom stereocenters. The molecule has 218 valence electrons. The molecule has 0 amide bonds. The van der Waals surface area contributed by atoms with E-state index in [1.807, 2.05) is 23.5 Å². The zero-order chi connectivity index (χ0) is 30.4. The summed E-state index contributed by atoms with van der Waals surface area (Å²) < 4.78 is 2.50. The average Bonchev–Trinajstić information content (AvgIpc) is 3.87. The monoisotopic (exact) mass is 623 g/mol. The zero-order valence-electron chi connectivity index (χ0n) is 23.9. The number of thiophene rings is 2. The minimum atomic E-state index is -1.13. The quantitative estimate of drug-likeness (QED) is 0.156. The molecule has 2 aromatic heterocycles. The number of ketones is 2. The number of carboxylic acids is 1. The predicted octanol–water partition coefficient (Wildman–Crippen LogP) is 9.73. The summed E-state index contributed by atoms with van der Waals surface area (Å²) in [5.41, 5.74) is 5.67. The number of Topliss-reactive ketones (excluding diaryl/α,β-unsaturated/α-hetero) is 2. The molecule has 3 heterocycles. The van der Waals surface area contributed by atoms with Gasteiger partial charge in [-0.15, -0.1) is 22.7 Å². The van der Waals surface area contributed by atoms with E-state index in [-0.39, 0.29) is 28.0 Å². The Morgan fingerprint density at radius 3 is 2.47 bits per heavy atom. The van der Waals surface area contributed by atoms with E-state index in [1.165, 1.54) is 85.9 Å². The highest BCUT2D eigenvalue weighted by Gasteiger charge is 2.42. The molecule has 0 radical (unpaired) electrons. The van der Waals surface area contributed by atoms with Gasteiger partial charge >= 0.3 is 5.97 Å². The number of carboxylic acid groups (broad SMARTS) is 1. The first-order valence-electron chi connectivity index (χ1n) is 15.1. The molecule has 6 aromatic rings. The maximum absolute atomic E-state index is 13.0. The smallest absolute Gasteiger partial charge is 0.335 e. The molecule has 45 heavy (non-hydrogen) atoms. The number of nitrogens with zero attached hydrogens (tertiary/aromatic N) is 1. The second kappa shape index (κ2) is 9.83. The Balaban J connectivity index is 1.03. The van der Waals surface area contributed by atoms with Crippen molar-refractivity contribution in [3.05, 3.63) is 124 Å². The molecule has 0 bridgehead atoms. The highest BCUT2D eigenvalue weighted by Crippen LogP contribution is 2.53. The van der Waals surface area contributed by atoms with E-state index in [1.54, 1.807) is 6.08 Å². The Morgan fingerprint density at radius 1 is 0.800 bits per heavy atom. The molecule has 1 fully saturated rings. The molecule has 9 rings (SSSR count). The number of anilines is 2. The van der Waals surface area contributed by atoms with Crippen LogP contribution in [-0.2, 0) is 0 Å². The summed E-state index contributed by atoms with van der Waals surface area (Å²) in [6, 6.07) is 30.9. The number of hydrogen-bond acceptors (Lipinski definition) is 6. The summed E-state index contributed by atoms with van der Waals surface area (Å²) in [6.45, 7) is 0. The fourth-order valence-electron chi connectivity index (χ4n) is 7.53. The molecule has 1 N–H and O–H groups in total. The van der Waals surface area contributed by atoms with Gasteiger partial charge < -0.3 is 10.0 Å². The third-order valence-electron chi connectivity index (χ3n) is 9.58. The number of benzene rings is 4. The van der Waals surface area contributed by atoms with E-state index in [2.05, 4.69) is 65.6 Å². The number of hydrogen-bond donors (Lipinski definition) is 1. The van der Waals surface area contributed by atoms with Crippen molar-refractivity contribution >= 4 is 77.8 Å². The van der Waals surface area contributed by atoms with Crippen LogP contribution in [0, 0.1) is 0 Å². The highest BCUT2D eigenvalue weighted by molar-refractivity contribution is 7.26. The summed E-state index contributed by atoms with van der Waals surface area (Å²) in [5, 5.41) is 11.8. The van der Waals surface area contributed by atoms with Crippen LogP contribution in [0.5, 0.6) is 0 Å². The van der Waals surface area contributed by atoms with Crippen LogP contribution in [0.15, 0.2) is 96.6 Å². The van der Waals surface area contributed by atoms with Gasteiger partial charge in [-0.25, -0.2) is 4.79 Å². The van der Waals surface area contributed by atoms with Crippen LogP contribution in [0.3, 0.4) is 0 Å². The van der Waals surface area contributed by atoms with Crippen molar-refractivity contribution in [2.24, 2.45) is 0 Å². The SMILES string of the molecule is O=C(O)c1ccc2c(c1)C(=O)/C(=C/c1ccc(-c3ccc4c(c3)sc3cc(N5c6ccccc6C6CCCC65)ccc34)s1)C2=O. The number of carbonyl (C=O) groups is 3. The van der Waals surface area contributed by atoms with Crippen molar-refractivity contribution in [2.75, 3.05) is 4.90 Å². The van der Waals surface area contributed by atoms with Crippen molar-refractivity contribution in [2.45, 2.75) is 31.2 Å². The lowest BCUT2D eigenvalue weighted by molar-refractivity contribution is 0.0696. The van der Waals surface area contributed by atoms with Crippen LogP contribution in [0.25, 0.3) is 36.7 Å². The Hall–Kier alpha value is -4.85. The van der Waals surface area contributed by atoms with Gasteiger partial charge in [-0.2, -0.15) is 0 Å². The topological polar surface area (TPSA) is 74.7 Å². The fraction of sp³-hybridized carbons (Fsp3) is 0.132. The summed E-state index contributed by atoms with van der Waals surface area (Å²) in [4.78, 5) is 41.8. The normalized spacial score (nSPS) is 19.6. The molecule has 0 spiro atoms. The van der Waals surface area contributed by atoms with Gasteiger partial charge in [0.25, 0.3) is 0 Å². The van der Waals surface area contributed by atoms with Crippen molar-refractivity contribution in [1.29, 1.82) is 0 Å². The molecule has 5 nitrogen and oxygen atoms in total. The summed E-state index contributed by atoms with van der Waals surface area (Å²) in [6.07, 6.45) is 5.41. The first-order chi connectivity index (χ1) is 21.9. The largest absolute Gasteiger partial charge is 0.478 e. The number of para-hydroxylation sites is 1. The standard InChI is InChI=1S/C38H25NO4S2/c40-36-28-13-9-21(38(42)43)16-29(28)37(41)30(36)19-23-11-15-33(44-23)20-8-12-26-27-14-10-22(18-35(27)45-34(26)17-20)39-31-6-2-1-4-24(31)25-5-3-7-32(25)39/h1-2,4,6,8-19,25,32H,3,5,7H2,(H,42,43)/b30-19+.